The second-order valence-electron chi connectivity index (χ2n) is 4.90. The van der Waals surface area contributed by atoms with Gasteiger partial charge in [0.05, 0.1) is 1.37 Å². The van der Waals surface area contributed by atoms with Gasteiger partial charge in [-0.15, -0.1) is 11.3 Å². The summed E-state index contributed by atoms with van der Waals surface area (Å²) in [6, 6.07) is 16.4. The van der Waals surface area contributed by atoms with Crippen LogP contribution in [0.3, 0.4) is 0 Å². The first-order chi connectivity index (χ1) is 10.8. The highest BCUT2D eigenvalue weighted by atomic mass is 32.1. The van der Waals surface area contributed by atoms with Crippen molar-refractivity contribution in [1.29, 1.82) is 0 Å². The van der Waals surface area contributed by atoms with E-state index < -0.39 is 0 Å². The van der Waals surface area contributed by atoms with Crippen molar-refractivity contribution >= 4 is 22.1 Å². The summed E-state index contributed by atoms with van der Waals surface area (Å²) in [5, 5.41) is 7.20. The first kappa shape index (κ1) is 12.9. The van der Waals surface area contributed by atoms with Gasteiger partial charge in [0.25, 0.3) is 0 Å². The molecule has 21 heavy (non-hydrogen) atoms. The molecule has 0 fully saturated rings. The molecule has 1 heterocycles. The molecule has 2 nitrogen and oxygen atoms in total. The van der Waals surface area contributed by atoms with E-state index in [-0.39, 0.29) is 6.10 Å². The van der Waals surface area contributed by atoms with E-state index >= 15 is 0 Å². The lowest BCUT2D eigenvalue weighted by Gasteiger charge is -2.19. The maximum atomic E-state index is 8.03. The SMILES string of the molecule is [2H]c1ccc(OC(CCNC)c2cccs2)c2ccccc12. The van der Waals surface area contributed by atoms with E-state index in [1.54, 1.807) is 17.4 Å². The minimum atomic E-state index is 0.0347. The number of benzene rings is 2. The molecule has 0 saturated carbocycles. The standard InChI is InChI=1S/C18H19NOS/c1-19-12-11-17(18-10-5-13-21-18)20-16-9-4-7-14-6-2-3-8-15(14)16/h2-10,13,17,19H,11-12H2,1H3/i7D. The van der Waals surface area contributed by atoms with Crippen LogP contribution in [-0.2, 0) is 0 Å². The lowest BCUT2D eigenvalue weighted by atomic mass is 10.1. The van der Waals surface area contributed by atoms with Crippen LogP contribution in [0.25, 0.3) is 10.8 Å². The summed E-state index contributed by atoms with van der Waals surface area (Å²) in [5.41, 5.74) is 0. The Labute approximate surface area is 130 Å². The quantitative estimate of drug-likeness (QED) is 0.716. The van der Waals surface area contributed by atoms with Gasteiger partial charge in [-0.2, -0.15) is 0 Å². The van der Waals surface area contributed by atoms with Crippen LogP contribution in [0.5, 0.6) is 5.75 Å². The van der Waals surface area contributed by atoms with Gasteiger partial charge < -0.3 is 10.1 Å². The molecule has 3 aromatic rings. The van der Waals surface area contributed by atoms with Crippen molar-refractivity contribution in [3.8, 4) is 5.75 Å². The number of fused-ring (bicyclic) bond motifs is 1. The van der Waals surface area contributed by atoms with E-state index in [0.29, 0.717) is 6.04 Å². The third-order valence-corrected chi connectivity index (χ3v) is 4.42. The van der Waals surface area contributed by atoms with E-state index in [1.807, 2.05) is 37.4 Å². The third-order valence-electron chi connectivity index (χ3n) is 3.45. The zero-order valence-corrected chi connectivity index (χ0v) is 12.8. The van der Waals surface area contributed by atoms with Crippen molar-refractivity contribution in [2.75, 3.05) is 13.6 Å². The monoisotopic (exact) mass is 298 g/mol. The molecule has 1 atom stereocenters. The summed E-state index contributed by atoms with van der Waals surface area (Å²) in [6.45, 7) is 0.900. The Kier molecular flexibility index (Phi) is 4.13. The van der Waals surface area contributed by atoms with Gasteiger partial charge in [0.1, 0.15) is 11.9 Å². The average molecular weight is 298 g/mol. The molecular weight excluding hydrogens is 278 g/mol. The van der Waals surface area contributed by atoms with E-state index in [1.165, 1.54) is 4.88 Å². The average Bonchev–Trinajstić information content (AvgIpc) is 3.08. The van der Waals surface area contributed by atoms with E-state index in [9.17, 15) is 0 Å². The van der Waals surface area contributed by atoms with Crippen molar-refractivity contribution in [2.24, 2.45) is 0 Å². The first-order valence-electron chi connectivity index (χ1n) is 7.62. The molecule has 1 unspecified atom stereocenters. The van der Waals surface area contributed by atoms with Crippen LogP contribution < -0.4 is 10.1 Å². The van der Waals surface area contributed by atoms with Gasteiger partial charge in [-0.3, -0.25) is 0 Å². The predicted molar refractivity (Wildman–Crippen MR) is 90.2 cm³/mol. The predicted octanol–water partition coefficient (Wildman–Crippen LogP) is 4.63. The maximum absolute atomic E-state index is 8.03. The summed E-state index contributed by atoms with van der Waals surface area (Å²) < 4.78 is 14.3. The Bertz CT molecular complexity index is 742. The summed E-state index contributed by atoms with van der Waals surface area (Å²) >= 11 is 1.72. The van der Waals surface area contributed by atoms with Crippen LogP contribution in [0, 0.1) is 0 Å². The zero-order chi connectivity index (χ0) is 15.4. The smallest absolute Gasteiger partial charge is 0.134 e. The van der Waals surface area contributed by atoms with Gasteiger partial charge in [-0.1, -0.05) is 42.4 Å². The molecule has 0 spiro atoms. The van der Waals surface area contributed by atoms with Crippen LogP contribution in [0.1, 0.15) is 18.8 Å². The lowest BCUT2D eigenvalue weighted by Crippen LogP contribution is -2.15. The van der Waals surface area contributed by atoms with Gasteiger partial charge in [-0.25, -0.2) is 0 Å². The van der Waals surface area contributed by atoms with Crippen molar-refractivity contribution in [3.05, 3.63) is 64.8 Å². The molecule has 2 aromatic carbocycles. The van der Waals surface area contributed by atoms with Gasteiger partial charge in [0, 0.05) is 16.7 Å². The van der Waals surface area contributed by atoms with Gasteiger partial charge in [-0.05, 0) is 36.5 Å². The highest BCUT2D eigenvalue weighted by Gasteiger charge is 2.15. The van der Waals surface area contributed by atoms with E-state index in [2.05, 4.69) is 22.8 Å². The summed E-state index contributed by atoms with van der Waals surface area (Å²) in [6.07, 6.45) is 0.945. The molecule has 0 amide bonds. The Morgan fingerprint density at radius 2 is 2.10 bits per heavy atom. The fourth-order valence-electron chi connectivity index (χ4n) is 2.39. The molecule has 1 aromatic heterocycles. The number of hydrogen-bond donors (Lipinski definition) is 1. The molecule has 0 radical (unpaired) electrons. The second kappa shape index (κ2) is 6.74. The van der Waals surface area contributed by atoms with Crippen LogP contribution in [0.2, 0.25) is 0 Å². The molecule has 0 aliphatic heterocycles. The van der Waals surface area contributed by atoms with Crippen molar-refractivity contribution in [1.82, 2.24) is 5.32 Å². The molecule has 1 N–H and O–H groups in total. The fourth-order valence-corrected chi connectivity index (χ4v) is 3.18. The first-order valence-corrected chi connectivity index (χ1v) is 8.00. The summed E-state index contributed by atoms with van der Waals surface area (Å²) in [5.74, 6) is 0.848. The Balaban J connectivity index is 1.94. The second-order valence-corrected chi connectivity index (χ2v) is 5.88. The van der Waals surface area contributed by atoms with Gasteiger partial charge in [0.2, 0.25) is 0 Å². The minimum Gasteiger partial charge on any atom is -0.484 e. The number of hydrogen-bond acceptors (Lipinski definition) is 3. The number of rotatable bonds is 6. The third kappa shape index (κ3) is 3.26. The van der Waals surface area contributed by atoms with Crippen LogP contribution in [0.4, 0.5) is 0 Å². The molecular formula is C18H19NOS. The molecule has 0 aliphatic rings. The number of nitrogens with one attached hydrogen (secondary N) is 1. The van der Waals surface area contributed by atoms with Gasteiger partial charge in [0.15, 0.2) is 0 Å². The van der Waals surface area contributed by atoms with Crippen molar-refractivity contribution in [2.45, 2.75) is 12.5 Å². The molecule has 108 valence electrons. The molecule has 3 heteroatoms. The van der Waals surface area contributed by atoms with E-state index in [0.717, 1.165) is 29.5 Å². The Morgan fingerprint density at radius 1 is 1.19 bits per heavy atom. The largest absolute Gasteiger partial charge is 0.484 e. The molecule has 0 bridgehead atoms. The topological polar surface area (TPSA) is 21.3 Å². The van der Waals surface area contributed by atoms with Crippen LogP contribution in [-0.4, -0.2) is 13.6 Å². The number of ether oxygens (including phenoxy) is 1. The maximum Gasteiger partial charge on any atom is 0.134 e. The minimum absolute atomic E-state index is 0.0347. The Hall–Kier alpha value is -1.84. The van der Waals surface area contributed by atoms with E-state index in [4.69, 9.17) is 6.11 Å². The summed E-state index contributed by atoms with van der Waals surface area (Å²) in [4.78, 5) is 1.23. The zero-order valence-electron chi connectivity index (χ0n) is 13.0. The highest BCUT2D eigenvalue weighted by molar-refractivity contribution is 7.10. The molecule has 3 rings (SSSR count). The summed E-state index contributed by atoms with van der Waals surface area (Å²) in [7, 11) is 1.95. The van der Waals surface area contributed by atoms with Crippen LogP contribution >= 0.6 is 11.3 Å². The number of thiophene rings is 1. The highest BCUT2D eigenvalue weighted by Crippen LogP contribution is 2.32. The van der Waals surface area contributed by atoms with Gasteiger partial charge >= 0.3 is 0 Å². The lowest BCUT2D eigenvalue weighted by molar-refractivity contribution is 0.201. The molecule has 0 aliphatic carbocycles. The Morgan fingerprint density at radius 3 is 2.90 bits per heavy atom. The van der Waals surface area contributed by atoms with Crippen molar-refractivity contribution < 1.29 is 6.11 Å². The fraction of sp³-hybridized carbons (Fsp3) is 0.222. The van der Waals surface area contributed by atoms with Crippen molar-refractivity contribution in [3.63, 3.8) is 0 Å². The van der Waals surface area contributed by atoms with Crippen LogP contribution in [0.15, 0.2) is 60.0 Å². The normalized spacial score (nSPS) is 13.1. The molecule has 0 saturated heterocycles.